The Hall–Kier alpha value is -0.850. The van der Waals surface area contributed by atoms with Gasteiger partial charge in [0.15, 0.2) is 12.3 Å². The zero-order valence-corrected chi connectivity index (χ0v) is 3.95. The summed E-state index contributed by atoms with van der Waals surface area (Å²) in [5, 5.41) is 0. The summed E-state index contributed by atoms with van der Waals surface area (Å²) in [6, 6.07) is -0.972. The van der Waals surface area contributed by atoms with Crippen LogP contribution in [0, 0.1) is 0 Å². The number of hydrogen-bond donors (Lipinski definition) is 0. The molecule has 1 nitrogen and oxygen atoms in total. The molecule has 1 heterocycles. The van der Waals surface area contributed by atoms with Crippen LogP contribution in [0.15, 0.2) is 30.5 Å². The van der Waals surface area contributed by atoms with Crippen LogP contribution in [-0.2, 0) is 7.05 Å². The van der Waals surface area contributed by atoms with E-state index >= 15 is 0 Å². The second-order valence-corrected chi connectivity index (χ2v) is 1.16. The van der Waals surface area contributed by atoms with Crippen LogP contribution in [0.2, 0.25) is 0 Å². The summed E-state index contributed by atoms with van der Waals surface area (Å²) in [7, 11) is 1.43. The van der Waals surface area contributed by atoms with Gasteiger partial charge in [0.05, 0.1) is 4.11 Å². The van der Waals surface area contributed by atoms with E-state index in [2.05, 4.69) is 0 Å². The Morgan fingerprint density at radius 1 is 1.29 bits per heavy atom. The molecular formula is C6H8N+. The molecule has 1 aromatic heterocycles. The van der Waals surface area contributed by atoms with Crippen molar-refractivity contribution in [2.24, 2.45) is 7.05 Å². The highest BCUT2D eigenvalue weighted by atomic mass is 14.9. The summed E-state index contributed by atoms with van der Waals surface area (Å²) in [6.07, 6.45) is -0.415. The maximum absolute atomic E-state index is 7.27. The summed E-state index contributed by atoms with van der Waals surface area (Å²) < 4.78 is 37.3. The zero-order valence-electron chi connectivity index (χ0n) is 8.95. The standard InChI is InChI=1S/C6H8N/c1-7-5-3-2-4-6-7/h2-6H,1H3/q+1/i2D,3D,4D,5D,6D. The predicted molar refractivity (Wildman–Crippen MR) is 27.6 cm³/mol. The monoisotopic (exact) mass is 99.1 g/mol. The van der Waals surface area contributed by atoms with Gasteiger partial charge in [-0.1, -0.05) is 6.04 Å². The first kappa shape index (κ1) is 1.31. The maximum atomic E-state index is 7.27. The molecule has 0 bridgehead atoms. The minimum Gasteiger partial charge on any atom is -0.208 e. The highest BCUT2D eigenvalue weighted by Gasteiger charge is 1.78. The predicted octanol–water partition coefficient (Wildman–Crippen LogP) is 0.511. The van der Waals surface area contributed by atoms with Gasteiger partial charge in [-0.3, -0.25) is 0 Å². The van der Waals surface area contributed by atoms with E-state index in [-0.39, 0.29) is 30.5 Å². The molecule has 0 atom stereocenters. The Morgan fingerprint density at radius 2 is 1.86 bits per heavy atom. The van der Waals surface area contributed by atoms with Gasteiger partial charge in [-0.2, -0.15) is 0 Å². The lowest BCUT2D eigenvalue weighted by Crippen LogP contribution is -2.25. The molecule has 0 radical (unpaired) electrons. The molecule has 1 rings (SSSR count). The first-order valence-corrected chi connectivity index (χ1v) is 1.89. The molecule has 0 unspecified atom stereocenters. The third kappa shape index (κ3) is 1.000. The van der Waals surface area contributed by atoms with Gasteiger partial charge in [0.1, 0.15) is 9.79 Å². The summed E-state index contributed by atoms with van der Waals surface area (Å²) in [5.41, 5.74) is 0. The molecular weight excluding hydrogens is 86.1 g/mol. The van der Waals surface area contributed by atoms with Gasteiger partial charge >= 0.3 is 0 Å². The van der Waals surface area contributed by atoms with E-state index in [9.17, 15) is 0 Å². The molecule has 0 N–H and O–H groups in total. The van der Waals surface area contributed by atoms with Crippen LogP contribution in [0.25, 0.3) is 0 Å². The summed E-state index contributed by atoms with van der Waals surface area (Å²) in [5.74, 6) is 0. The molecule has 0 saturated heterocycles. The van der Waals surface area contributed by atoms with Crippen molar-refractivity contribution < 1.29 is 11.4 Å². The molecule has 1 heteroatoms. The molecule has 36 valence electrons. The molecule has 0 aromatic carbocycles. The van der Waals surface area contributed by atoms with Gasteiger partial charge in [0.2, 0.25) is 0 Å². The Morgan fingerprint density at radius 3 is 2.43 bits per heavy atom. The van der Waals surface area contributed by atoms with Crippen LogP contribution in [-0.4, -0.2) is 0 Å². The van der Waals surface area contributed by atoms with Crippen molar-refractivity contribution in [3.8, 4) is 0 Å². The highest BCUT2D eigenvalue weighted by molar-refractivity contribution is 4.83. The molecule has 0 aliphatic rings. The Kier molecular flexibility index (Phi) is 0.325. The van der Waals surface area contributed by atoms with E-state index in [0.717, 1.165) is 4.57 Å². The number of aromatic nitrogens is 1. The van der Waals surface area contributed by atoms with Crippen molar-refractivity contribution in [3.05, 3.63) is 30.5 Å². The van der Waals surface area contributed by atoms with E-state index < -0.39 is 0 Å². The second-order valence-electron chi connectivity index (χ2n) is 1.16. The maximum Gasteiger partial charge on any atom is 0.168 e. The van der Waals surface area contributed by atoms with Gasteiger partial charge in [-0.25, -0.2) is 4.57 Å². The smallest absolute Gasteiger partial charge is 0.168 e. The molecule has 0 saturated carbocycles. The fourth-order valence-corrected chi connectivity index (χ4v) is 0.283. The van der Waals surface area contributed by atoms with Crippen LogP contribution >= 0.6 is 0 Å². The van der Waals surface area contributed by atoms with Crippen molar-refractivity contribution in [1.82, 2.24) is 0 Å². The number of nitrogens with zero attached hydrogens (tertiary/aromatic N) is 1. The van der Waals surface area contributed by atoms with Crippen molar-refractivity contribution in [2.75, 3.05) is 0 Å². The van der Waals surface area contributed by atoms with E-state index in [1.807, 2.05) is 0 Å². The lowest BCUT2D eigenvalue weighted by molar-refractivity contribution is -0.671. The highest BCUT2D eigenvalue weighted by Crippen LogP contribution is 1.71. The van der Waals surface area contributed by atoms with Crippen molar-refractivity contribution in [2.45, 2.75) is 0 Å². The third-order valence-corrected chi connectivity index (χ3v) is 0.572. The summed E-state index contributed by atoms with van der Waals surface area (Å²) in [4.78, 5) is 0. The fourth-order valence-electron chi connectivity index (χ4n) is 0.283. The van der Waals surface area contributed by atoms with E-state index in [1.54, 1.807) is 0 Å². The topological polar surface area (TPSA) is 3.88 Å². The van der Waals surface area contributed by atoms with Crippen molar-refractivity contribution >= 4 is 0 Å². The number of rotatable bonds is 0. The molecule has 0 aliphatic heterocycles. The van der Waals surface area contributed by atoms with E-state index in [4.69, 9.17) is 6.85 Å². The van der Waals surface area contributed by atoms with Gasteiger partial charge in [0, 0.05) is 12.1 Å². The quantitative estimate of drug-likeness (QED) is 0.417. The van der Waals surface area contributed by atoms with Crippen molar-refractivity contribution in [1.29, 1.82) is 0 Å². The fraction of sp³-hybridized carbons (Fsp3) is 0.167. The molecule has 7 heavy (non-hydrogen) atoms. The normalized spacial score (nSPS) is 18.7. The van der Waals surface area contributed by atoms with Gasteiger partial charge in [-0.05, 0) is 0 Å². The first-order chi connectivity index (χ1) is 5.46. The lowest BCUT2D eigenvalue weighted by atomic mass is 10.5. The minimum absolute atomic E-state index is 0.207. The second kappa shape index (κ2) is 1.73. The van der Waals surface area contributed by atoms with Crippen LogP contribution in [0.1, 0.15) is 6.85 Å². The van der Waals surface area contributed by atoms with Crippen molar-refractivity contribution in [3.63, 3.8) is 0 Å². The Bertz CT molecular complexity index is 230. The zero-order chi connectivity index (χ0) is 9.46. The largest absolute Gasteiger partial charge is 0.208 e. The average Bonchev–Trinajstić information content (AvgIpc) is 2.08. The third-order valence-electron chi connectivity index (χ3n) is 0.572. The molecule has 0 fully saturated rings. The molecule has 0 amide bonds. The molecule has 0 spiro atoms. The SMILES string of the molecule is [2H]c1c([2H])c([2H])[n+](C)c([2H])c1[2H]. The van der Waals surface area contributed by atoms with Gasteiger partial charge < -0.3 is 0 Å². The van der Waals surface area contributed by atoms with E-state index in [0.29, 0.717) is 0 Å². The average molecular weight is 99.2 g/mol. The number of pyridine rings is 1. The van der Waals surface area contributed by atoms with Crippen LogP contribution in [0.4, 0.5) is 0 Å². The Labute approximate surface area is 50.3 Å². The molecule has 0 aliphatic carbocycles. The van der Waals surface area contributed by atoms with Gasteiger partial charge in [-0.15, -0.1) is 0 Å². The van der Waals surface area contributed by atoms with Crippen LogP contribution < -0.4 is 4.57 Å². The lowest BCUT2D eigenvalue weighted by Gasteiger charge is -1.77. The van der Waals surface area contributed by atoms with Crippen LogP contribution in [0.5, 0.6) is 0 Å². The van der Waals surface area contributed by atoms with Gasteiger partial charge in [0.25, 0.3) is 0 Å². The summed E-state index contributed by atoms with van der Waals surface area (Å²) in [6.45, 7) is 0. The number of hydrogen-bond acceptors (Lipinski definition) is 0. The minimum atomic E-state index is -0.358. The Balaban J connectivity index is 3.60. The van der Waals surface area contributed by atoms with Crippen LogP contribution in [0.3, 0.4) is 0 Å². The molecule has 1 aromatic rings. The van der Waals surface area contributed by atoms with E-state index in [1.165, 1.54) is 7.05 Å². The summed E-state index contributed by atoms with van der Waals surface area (Å²) >= 11 is 0. The first-order valence-electron chi connectivity index (χ1n) is 4.39.